The Labute approximate surface area is 264 Å². The summed E-state index contributed by atoms with van der Waals surface area (Å²) in [5, 5.41) is 22.5. The third-order valence-corrected chi connectivity index (χ3v) is 7.72. The van der Waals surface area contributed by atoms with Crippen molar-refractivity contribution in [1.29, 1.82) is 10.5 Å². The van der Waals surface area contributed by atoms with Crippen molar-refractivity contribution in [2.24, 2.45) is 0 Å². The molecule has 6 aromatic rings. The molecule has 0 radical (unpaired) electrons. The van der Waals surface area contributed by atoms with Gasteiger partial charge in [-0.2, -0.15) is 10.5 Å². The molecule has 6 rings (SSSR count). The molecular weight excluding hydrogens is 655 g/mol. The zero-order valence-corrected chi connectivity index (χ0v) is 25.4. The van der Waals surface area contributed by atoms with E-state index in [1.165, 1.54) is 0 Å². The Morgan fingerprint density at radius 2 is 1.21 bits per heavy atom. The van der Waals surface area contributed by atoms with Gasteiger partial charge in [0.1, 0.15) is 0 Å². The zero-order chi connectivity index (χ0) is 29.6. The third kappa shape index (κ3) is 6.41. The molecule has 0 fully saturated rings. The van der Waals surface area contributed by atoms with Crippen molar-refractivity contribution in [2.45, 2.75) is 0 Å². The number of halogens is 4. The number of nitriles is 2. The first kappa shape index (κ1) is 29.1. The second-order valence-electron chi connectivity index (χ2n) is 8.92. The van der Waals surface area contributed by atoms with E-state index in [-0.39, 0.29) is 0 Å². The van der Waals surface area contributed by atoms with Crippen molar-refractivity contribution >= 4 is 95.8 Å². The van der Waals surface area contributed by atoms with Crippen LogP contribution in [0.1, 0.15) is 22.3 Å². The summed E-state index contributed by atoms with van der Waals surface area (Å²) in [7, 11) is 0. The molecule has 204 valence electrons. The average Bonchev–Trinajstić information content (AvgIpc) is 3.60. The summed E-state index contributed by atoms with van der Waals surface area (Å²) < 4.78 is 0.965. The van der Waals surface area contributed by atoms with Gasteiger partial charge in [0.05, 0.1) is 33.3 Å². The Morgan fingerprint density at radius 3 is 1.71 bits per heavy atom. The van der Waals surface area contributed by atoms with E-state index in [0.29, 0.717) is 31.8 Å². The van der Waals surface area contributed by atoms with E-state index in [2.05, 4.69) is 48.0 Å². The van der Waals surface area contributed by atoms with Gasteiger partial charge in [-0.1, -0.05) is 50.7 Å². The maximum atomic E-state index is 9.47. The molecule has 0 saturated heterocycles. The number of H-pyrrole nitrogens is 2. The zero-order valence-electron chi connectivity index (χ0n) is 21.5. The maximum Gasteiger partial charge on any atom is 0.0998 e. The minimum absolute atomic E-state index is 0.499. The fraction of sp³-hybridized carbons (Fsp3) is 0. The molecule has 0 unspecified atom stereocenters. The van der Waals surface area contributed by atoms with E-state index in [4.69, 9.17) is 34.8 Å². The number of hydrogen-bond donors (Lipinski definition) is 2. The minimum Gasteiger partial charge on any atom is -0.361 e. The molecular formula is C32H18BrCl3N6. The first-order valence-electron chi connectivity index (χ1n) is 12.3. The number of nitrogens with one attached hydrogen (secondary N) is 2. The van der Waals surface area contributed by atoms with Crippen LogP contribution in [0.5, 0.6) is 0 Å². The number of nitrogens with zero attached hydrogens (tertiary/aromatic N) is 4. The van der Waals surface area contributed by atoms with Crippen LogP contribution in [0.25, 0.3) is 45.1 Å². The summed E-state index contributed by atoms with van der Waals surface area (Å²) in [4.78, 5) is 14.4. The van der Waals surface area contributed by atoms with Gasteiger partial charge in [-0.25, -0.2) is 0 Å². The number of hydrogen-bond acceptors (Lipinski definition) is 4. The second-order valence-corrected chi connectivity index (χ2v) is 11.1. The van der Waals surface area contributed by atoms with E-state index in [0.717, 1.165) is 43.0 Å². The smallest absolute Gasteiger partial charge is 0.0998 e. The summed E-state index contributed by atoms with van der Waals surface area (Å²) in [5.41, 5.74) is 5.99. The fourth-order valence-electron chi connectivity index (χ4n) is 4.27. The fourth-order valence-corrected chi connectivity index (χ4v) is 5.13. The Hall–Kier alpha value is -4.37. The van der Waals surface area contributed by atoms with Gasteiger partial charge in [-0.15, -0.1) is 0 Å². The van der Waals surface area contributed by atoms with Crippen molar-refractivity contribution in [3.8, 4) is 12.1 Å². The molecule has 0 aliphatic rings. The highest BCUT2D eigenvalue weighted by Gasteiger charge is 2.11. The Balaban J connectivity index is 0.000000168. The van der Waals surface area contributed by atoms with Crippen LogP contribution in [0.2, 0.25) is 15.1 Å². The molecule has 0 saturated carbocycles. The molecule has 4 heterocycles. The Kier molecular flexibility index (Phi) is 9.07. The highest BCUT2D eigenvalue weighted by atomic mass is 79.9. The van der Waals surface area contributed by atoms with Gasteiger partial charge >= 0.3 is 0 Å². The van der Waals surface area contributed by atoms with E-state index in [1.807, 2.05) is 36.5 Å². The van der Waals surface area contributed by atoms with Gasteiger partial charge < -0.3 is 9.97 Å². The van der Waals surface area contributed by atoms with Gasteiger partial charge in [-0.3, -0.25) is 9.97 Å². The van der Waals surface area contributed by atoms with E-state index in [9.17, 15) is 10.5 Å². The molecule has 6 nitrogen and oxygen atoms in total. The predicted octanol–water partition coefficient (Wildman–Crippen LogP) is 9.98. The third-order valence-electron chi connectivity index (χ3n) is 6.30. The van der Waals surface area contributed by atoms with Crippen molar-refractivity contribution < 1.29 is 0 Å². The summed E-state index contributed by atoms with van der Waals surface area (Å²) in [6, 6.07) is 19.2. The van der Waals surface area contributed by atoms with Gasteiger partial charge in [0, 0.05) is 90.7 Å². The molecule has 0 bridgehead atoms. The summed E-state index contributed by atoms with van der Waals surface area (Å²) in [6.45, 7) is 0. The molecule has 0 spiro atoms. The van der Waals surface area contributed by atoms with Crippen LogP contribution in [-0.4, -0.2) is 19.9 Å². The number of benzene rings is 2. The molecule has 2 aromatic carbocycles. The van der Waals surface area contributed by atoms with E-state index in [1.54, 1.807) is 61.3 Å². The second kappa shape index (κ2) is 13.1. The Morgan fingerprint density at radius 1 is 0.714 bits per heavy atom. The van der Waals surface area contributed by atoms with Crippen molar-refractivity contribution in [3.05, 3.63) is 128 Å². The lowest BCUT2D eigenvalue weighted by Gasteiger charge is -2.00. The summed E-state index contributed by atoms with van der Waals surface area (Å²) >= 11 is 21.7. The number of pyridine rings is 2. The highest BCUT2D eigenvalue weighted by Crippen LogP contribution is 2.31. The molecule has 42 heavy (non-hydrogen) atoms. The number of aromatic nitrogens is 4. The SMILES string of the molecule is N#C/C(=C\c1cnccc1Cl)c1c[nH]c2ccc(Br)cc12.N#C/C(=C\c1cnccc1Cl)c1c[nH]c2ccc(Cl)cc12. The molecule has 4 aromatic heterocycles. The first-order valence-corrected chi connectivity index (χ1v) is 14.3. The van der Waals surface area contributed by atoms with E-state index >= 15 is 0 Å². The number of rotatable bonds is 4. The summed E-state index contributed by atoms with van der Waals surface area (Å²) in [6.07, 6.45) is 13.6. The first-order chi connectivity index (χ1) is 20.4. The predicted molar refractivity (Wildman–Crippen MR) is 175 cm³/mol. The number of fused-ring (bicyclic) bond motifs is 2. The maximum absolute atomic E-state index is 9.47. The van der Waals surface area contributed by atoms with Gasteiger partial charge in [0.25, 0.3) is 0 Å². The standard InChI is InChI=1S/C16H9BrClN3.C16H9Cl2N3/c2*17-12-1-2-16-13(6-12)14(9-21-16)10(7-19)5-11-8-20-4-3-15(11)18/h2*1-6,8-9,21H/b2*10-5+. The lowest BCUT2D eigenvalue weighted by atomic mass is 10.0. The highest BCUT2D eigenvalue weighted by molar-refractivity contribution is 9.10. The molecule has 10 heteroatoms. The van der Waals surface area contributed by atoms with E-state index < -0.39 is 0 Å². The van der Waals surface area contributed by atoms with Crippen LogP contribution in [-0.2, 0) is 0 Å². The molecule has 0 amide bonds. The molecule has 0 aliphatic carbocycles. The van der Waals surface area contributed by atoms with Crippen molar-refractivity contribution in [2.75, 3.05) is 0 Å². The topological polar surface area (TPSA) is 105 Å². The molecule has 0 aliphatic heterocycles. The monoisotopic (exact) mass is 670 g/mol. The van der Waals surface area contributed by atoms with Crippen LogP contribution in [0.3, 0.4) is 0 Å². The lowest BCUT2D eigenvalue weighted by molar-refractivity contribution is 1.32. The quantitative estimate of drug-likeness (QED) is 0.182. The minimum atomic E-state index is 0.499. The average molecular weight is 673 g/mol. The van der Waals surface area contributed by atoms with Crippen molar-refractivity contribution in [1.82, 2.24) is 19.9 Å². The number of aromatic amines is 2. The van der Waals surface area contributed by atoms with Gasteiger partial charge in [0.2, 0.25) is 0 Å². The Bertz CT molecular complexity index is 1930. The van der Waals surface area contributed by atoms with Crippen LogP contribution in [0, 0.1) is 22.7 Å². The van der Waals surface area contributed by atoms with Crippen LogP contribution < -0.4 is 0 Å². The molecule has 2 N–H and O–H groups in total. The largest absolute Gasteiger partial charge is 0.361 e. The van der Waals surface area contributed by atoms with Crippen LogP contribution >= 0.6 is 50.7 Å². The molecule has 0 atom stereocenters. The van der Waals surface area contributed by atoms with Crippen LogP contribution in [0.15, 0.2) is 90.2 Å². The summed E-state index contributed by atoms with van der Waals surface area (Å²) in [5.74, 6) is 0. The van der Waals surface area contributed by atoms with Gasteiger partial charge in [-0.05, 0) is 60.7 Å². The van der Waals surface area contributed by atoms with Crippen LogP contribution in [0.4, 0.5) is 0 Å². The van der Waals surface area contributed by atoms with Crippen molar-refractivity contribution in [3.63, 3.8) is 0 Å². The van der Waals surface area contributed by atoms with Gasteiger partial charge in [0.15, 0.2) is 0 Å². The lowest BCUT2D eigenvalue weighted by Crippen LogP contribution is -1.83. The number of allylic oxidation sites excluding steroid dienone is 2. The normalized spacial score (nSPS) is 11.6.